The van der Waals surface area contributed by atoms with Gasteiger partial charge in [-0.2, -0.15) is 0 Å². The molecule has 21 heavy (non-hydrogen) atoms. The fourth-order valence-electron chi connectivity index (χ4n) is 2.37. The summed E-state index contributed by atoms with van der Waals surface area (Å²) in [5.41, 5.74) is 1.10. The number of nitrogens with zero attached hydrogens (tertiary/aromatic N) is 1. The lowest BCUT2D eigenvalue weighted by Crippen LogP contribution is -2.38. The van der Waals surface area contributed by atoms with Crippen LogP contribution in [0.2, 0.25) is 0 Å². The number of amides is 1. The van der Waals surface area contributed by atoms with Crippen molar-refractivity contribution in [3.8, 4) is 0 Å². The summed E-state index contributed by atoms with van der Waals surface area (Å²) >= 11 is 1.46. The summed E-state index contributed by atoms with van der Waals surface area (Å²) in [4.78, 5) is 26.8. The molecule has 1 aliphatic heterocycles. The van der Waals surface area contributed by atoms with Gasteiger partial charge in [0.15, 0.2) is 0 Å². The Morgan fingerprint density at radius 1 is 1.48 bits per heavy atom. The van der Waals surface area contributed by atoms with Gasteiger partial charge in [0.2, 0.25) is 0 Å². The molecule has 1 atom stereocenters. The number of aryl methyl sites for hydroxylation is 2. The third-order valence-electron chi connectivity index (χ3n) is 3.71. The van der Waals surface area contributed by atoms with E-state index < -0.39 is 5.97 Å². The normalized spacial score (nSPS) is 17.9. The molecule has 2 heterocycles. The van der Waals surface area contributed by atoms with E-state index in [0.29, 0.717) is 11.4 Å². The second-order valence-electron chi connectivity index (χ2n) is 5.38. The molecule has 0 aliphatic carbocycles. The Kier molecular flexibility index (Phi) is 5.36. The first kappa shape index (κ1) is 16.0. The van der Waals surface area contributed by atoms with Crippen molar-refractivity contribution in [2.24, 2.45) is 0 Å². The SMILES string of the molecule is Cc1cc(C(=O)N(CCC(=O)O)C[C@@H]2CCCO2)sc1C. The number of thiophene rings is 1. The van der Waals surface area contributed by atoms with Gasteiger partial charge in [0, 0.05) is 24.6 Å². The Morgan fingerprint density at radius 3 is 2.76 bits per heavy atom. The van der Waals surface area contributed by atoms with Crippen LogP contribution in [0.25, 0.3) is 0 Å². The quantitative estimate of drug-likeness (QED) is 0.876. The van der Waals surface area contributed by atoms with E-state index in [1.165, 1.54) is 11.3 Å². The number of hydrogen-bond donors (Lipinski definition) is 1. The molecule has 0 saturated carbocycles. The molecule has 0 aromatic carbocycles. The number of ether oxygens (including phenoxy) is 1. The van der Waals surface area contributed by atoms with Gasteiger partial charge in [-0.05, 0) is 38.3 Å². The number of carboxylic acids is 1. The zero-order chi connectivity index (χ0) is 15.4. The summed E-state index contributed by atoms with van der Waals surface area (Å²) in [6.45, 7) is 5.39. The van der Waals surface area contributed by atoms with Gasteiger partial charge in [0.25, 0.3) is 5.91 Å². The van der Waals surface area contributed by atoms with Gasteiger partial charge in [-0.25, -0.2) is 0 Å². The number of hydrogen-bond acceptors (Lipinski definition) is 4. The van der Waals surface area contributed by atoms with E-state index in [0.717, 1.165) is 29.9 Å². The highest BCUT2D eigenvalue weighted by atomic mass is 32.1. The molecule has 6 heteroatoms. The molecule has 2 rings (SSSR count). The molecule has 1 fully saturated rings. The van der Waals surface area contributed by atoms with E-state index in [4.69, 9.17) is 9.84 Å². The summed E-state index contributed by atoms with van der Waals surface area (Å²) in [6.07, 6.45) is 1.93. The standard InChI is InChI=1S/C15H21NO4S/c1-10-8-13(21-11(10)2)15(19)16(6-5-14(17)18)9-12-4-3-7-20-12/h8,12H,3-7,9H2,1-2H3,(H,17,18)/t12-/m0/s1. The van der Waals surface area contributed by atoms with E-state index in [2.05, 4.69) is 0 Å². The van der Waals surface area contributed by atoms with Crippen molar-refractivity contribution in [2.75, 3.05) is 19.7 Å². The van der Waals surface area contributed by atoms with Crippen molar-refractivity contribution in [1.82, 2.24) is 4.90 Å². The first-order valence-corrected chi connectivity index (χ1v) is 7.98. The first-order chi connectivity index (χ1) is 9.97. The lowest BCUT2D eigenvalue weighted by molar-refractivity contribution is -0.137. The van der Waals surface area contributed by atoms with Gasteiger partial charge in [-0.15, -0.1) is 11.3 Å². The number of carbonyl (C=O) groups is 2. The van der Waals surface area contributed by atoms with Gasteiger partial charge in [0.05, 0.1) is 17.4 Å². The third kappa shape index (κ3) is 4.28. The Hall–Kier alpha value is -1.40. The van der Waals surface area contributed by atoms with Crippen LogP contribution in [0, 0.1) is 13.8 Å². The zero-order valence-electron chi connectivity index (χ0n) is 12.4. The largest absolute Gasteiger partial charge is 0.481 e. The van der Waals surface area contributed by atoms with Crippen LogP contribution in [0.4, 0.5) is 0 Å². The van der Waals surface area contributed by atoms with Crippen LogP contribution in [-0.4, -0.2) is 47.7 Å². The van der Waals surface area contributed by atoms with Crippen molar-refractivity contribution in [2.45, 2.75) is 39.2 Å². The maximum absolute atomic E-state index is 12.6. The van der Waals surface area contributed by atoms with Crippen LogP contribution < -0.4 is 0 Å². The smallest absolute Gasteiger partial charge is 0.305 e. The molecule has 5 nitrogen and oxygen atoms in total. The van der Waals surface area contributed by atoms with Gasteiger partial charge >= 0.3 is 5.97 Å². The molecular weight excluding hydrogens is 290 g/mol. The predicted molar refractivity (Wildman–Crippen MR) is 80.9 cm³/mol. The number of carbonyl (C=O) groups excluding carboxylic acids is 1. The minimum atomic E-state index is -0.890. The first-order valence-electron chi connectivity index (χ1n) is 7.17. The molecular formula is C15H21NO4S. The number of carboxylic acid groups (broad SMARTS) is 1. The highest BCUT2D eigenvalue weighted by molar-refractivity contribution is 7.14. The lowest BCUT2D eigenvalue weighted by atomic mass is 10.2. The van der Waals surface area contributed by atoms with Gasteiger partial charge < -0.3 is 14.7 Å². The van der Waals surface area contributed by atoms with Crippen molar-refractivity contribution >= 4 is 23.2 Å². The zero-order valence-corrected chi connectivity index (χ0v) is 13.2. The Morgan fingerprint density at radius 2 is 2.24 bits per heavy atom. The second kappa shape index (κ2) is 7.04. The Bertz CT molecular complexity index is 500. The molecule has 1 aromatic rings. The highest BCUT2D eigenvalue weighted by Gasteiger charge is 2.25. The van der Waals surface area contributed by atoms with Crippen LogP contribution in [-0.2, 0) is 9.53 Å². The fourth-order valence-corrected chi connectivity index (χ4v) is 3.38. The van der Waals surface area contributed by atoms with E-state index in [9.17, 15) is 9.59 Å². The minimum absolute atomic E-state index is 0.0323. The summed E-state index contributed by atoms with van der Waals surface area (Å²) in [5.74, 6) is -0.980. The highest BCUT2D eigenvalue weighted by Crippen LogP contribution is 2.23. The topological polar surface area (TPSA) is 66.8 Å². The maximum Gasteiger partial charge on any atom is 0.305 e. The van der Waals surface area contributed by atoms with Crippen LogP contribution in [0.3, 0.4) is 0 Å². The van der Waals surface area contributed by atoms with Crippen LogP contribution in [0.15, 0.2) is 6.07 Å². The summed E-state index contributed by atoms with van der Waals surface area (Å²) in [6, 6.07) is 1.88. The molecule has 0 spiro atoms. The van der Waals surface area contributed by atoms with Crippen LogP contribution >= 0.6 is 11.3 Å². The van der Waals surface area contributed by atoms with Crippen LogP contribution in [0.1, 0.15) is 39.4 Å². The number of rotatable bonds is 6. The van der Waals surface area contributed by atoms with Gasteiger partial charge in [-0.1, -0.05) is 0 Å². The Labute approximate surface area is 128 Å². The van der Waals surface area contributed by atoms with E-state index in [1.54, 1.807) is 4.90 Å². The molecule has 1 N–H and O–H groups in total. The molecule has 0 radical (unpaired) electrons. The van der Waals surface area contributed by atoms with E-state index in [1.807, 2.05) is 19.9 Å². The lowest BCUT2D eigenvalue weighted by Gasteiger charge is -2.24. The van der Waals surface area contributed by atoms with Crippen molar-refractivity contribution in [1.29, 1.82) is 0 Å². The van der Waals surface area contributed by atoms with Gasteiger partial charge in [0.1, 0.15) is 0 Å². The average Bonchev–Trinajstić information content (AvgIpc) is 3.04. The molecule has 1 amide bonds. The van der Waals surface area contributed by atoms with Crippen LogP contribution in [0.5, 0.6) is 0 Å². The molecule has 0 unspecified atom stereocenters. The second-order valence-corrected chi connectivity index (χ2v) is 6.64. The predicted octanol–water partition coefficient (Wildman–Crippen LogP) is 2.46. The molecule has 1 saturated heterocycles. The summed E-state index contributed by atoms with van der Waals surface area (Å²) in [5, 5.41) is 8.86. The van der Waals surface area contributed by atoms with Crippen molar-refractivity contribution < 1.29 is 19.4 Å². The average molecular weight is 311 g/mol. The summed E-state index contributed by atoms with van der Waals surface area (Å²) < 4.78 is 5.57. The van der Waals surface area contributed by atoms with Crippen molar-refractivity contribution in [3.05, 3.63) is 21.4 Å². The monoisotopic (exact) mass is 311 g/mol. The molecule has 0 bridgehead atoms. The minimum Gasteiger partial charge on any atom is -0.481 e. The third-order valence-corrected chi connectivity index (χ3v) is 4.85. The van der Waals surface area contributed by atoms with E-state index in [-0.39, 0.29) is 25.0 Å². The van der Waals surface area contributed by atoms with Gasteiger partial charge in [-0.3, -0.25) is 9.59 Å². The summed E-state index contributed by atoms with van der Waals surface area (Å²) in [7, 11) is 0. The molecule has 116 valence electrons. The Balaban J connectivity index is 2.08. The molecule has 1 aliphatic rings. The molecule has 1 aromatic heterocycles. The fraction of sp³-hybridized carbons (Fsp3) is 0.600. The van der Waals surface area contributed by atoms with Crippen molar-refractivity contribution in [3.63, 3.8) is 0 Å². The van der Waals surface area contributed by atoms with E-state index >= 15 is 0 Å². The number of aliphatic carboxylic acids is 1. The maximum atomic E-state index is 12.6.